The molecule has 5 rings (SSSR count). The Bertz CT molecular complexity index is 1360. The fourth-order valence-corrected chi connectivity index (χ4v) is 4.86. The molecule has 0 unspecified atom stereocenters. The molecule has 2 aromatic heterocycles. The summed E-state index contributed by atoms with van der Waals surface area (Å²) in [7, 11) is 0. The summed E-state index contributed by atoms with van der Waals surface area (Å²) in [5.74, 6) is -0.252. The highest BCUT2D eigenvalue weighted by Gasteiger charge is 2.20. The summed E-state index contributed by atoms with van der Waals surface area (Å²) in [5.41, 5.74) is 3.80. The van der Waals surface area contributed by atoms with Crippen LogP contribution < -0.4 is 10.1 Å². The molecular weight excluding hydrogens is 466 g/mol. The number of carbonyl (C=O) groups is 1. The molecule has 8 nitrogen and oxygen atoms in total. The number of hydrogen-bond acceptors (Lipinski definition) is 8. The minimum atomic E-state index is -2.98. The lowest BCUT2D eigenvalue weighted by Gasteiger charge is -2.22. The van der Waals surface area contributed by atoms with Gasteiger partial charge in [-0.25, -0.2) is 19.7 Å². The van der Waals surface area contributed by atoms with E-state index in [1.54, 1.807) is 18.2 Å². The van der Waals surface area contributed by atoms with Gasteiger partial charge in [0.2, 0.25) is 5.88 Å². The van der Waals surface area contributed by atoms with Crippen LogP contribution in [0.5, 0.6) is 5.88 Å². The zero-order chi connectivity index (χ0) is 23.7. The summed E-state index contributed by atoms with van der Waals surface area (Å²) < 4.78 is 41.1. The van der Waals surface area contributed by atoms with Crippen molar-refractivity contribution < 1.29 is 27.8 Å². The van der Waals surface area contributed by atoms with Crippen LogP contribution in [0.2, 0.25) is 0 Å². The number of benzene rings is 2. The molecule has 2 aromatic carbocycles. The van der Waals surface area contributed by atoms with Crippen molar-refractivity contribution in [1.82, 2.24) is 15.0 Å². The van der Waals surface area contributed by atoms with Crippen LogP contribution in [0.4, 0.5) is 19.3 Å². The number of carbonyl (C=O) groups excluding carboxylic acids is 1. The number of amides is 1. The van der Waals surface area contributed by atoms with Gasteiger partial charge in [0.15, 0.2) is 0 Å². The van der Waals surface area contributed by atoms with Gasteiger partial charge in [0.25, 0.3) is 0 Å². The third-order valence-corrected chi connectivity index (χ3v) is 6.44. The smallest absolute Gasteiger partial charge is 0.411 e. The number of ether oxygens (including phenoxy) is 3. The molecule has 0 aliphatic carbocycles. The highest BCUT2D eigenvalue weighted by molar-refractivity contribution is 7.22. The predicted octanol–water partition coefficient (Wildman–Crippen LogP) is 5.54. The predicted molar refractivity (Wildman–Crippen MR) is 123 cm³/mol. The van der Waals surface area contributed by atoms with Crippen molar-refractivity contribution in [2.24, 2.45) is 0 Å². The Morgan fingerprint density at radius 2 is 2.03 bits per heavy atom. The average Bonchev–Trinajstić information content (AvgIpc) is 3.24. The molecule has 34 heavy (non-hydrogen) atoms. The Kier molecular flexibility index (Phi) is 6.20. The first-order chi connectivity index (χ1) is 16.5. The fourth-order valence-electron chi connectivity index (χ4n) is 3.81. The van der Waals surface area contributed by atoms with Gasteiger partial charge in [-0.05, 0) is 36.8 Å². The van der Waals surface area contributed by atoms with E-state index < -0.39 is 12.7 Å². The molecule has 0 atom stereocenters. The topological polar surface area (TPSA) is 95.5 Å². The normalized spacial score (nSPS) is 14.6. The van der Waals surface area contributed by atoms with Crippen LogP contribution in [0.3, 0.4) is 0 Å². The van der Waals surface area contributed by atoms with Crippen LogP contribution in [0.15, 0.2) is 36.5 Å². The van der Waals surface area contributed by atoms with E-state index in [-0.39, 0.29) is 12.0 Å². The van der Waals surface area contributed by atoms with Crippen molar-refractivity contribution in [2.75, 3.05) is 18.5 Å². The largest absolute Gasteiger partial charge is 0.446 e. The Balaban J connectivity index is 1.47. The molecule has 1 N–H and O–H groups in total. The van der Waals surface area contributed by atoms with Crippen LogP contribution in [0.25, 0.3) is 31.8 Å². The third-order valence-electron chi connectivity index (χ3n) is 5.30. The second-order valence-corrected chi connectivity index (χ2v) is 8.78. The zero-order valence-electron chi connectivity index (χ0n) is 18.1. The molecule has 0 bridgehead atoms. The van der Waals surface area contributed by atoms with Gasteiger partial charge in [0.05, 0.1) is 46.3 Å². The van der Waals surface area contributed by atoms with Crippen molar-refractivity contribution in [2.45, 2.75) is 32.5 Å². The monoisotopic (exact) mass is 486 g/mol. The number of aryl methyl sites for hydroxylation is 1. The summed E-state index contributed by atoms with van der Waals surface area (Å²) >= 11 is 1.38. The Morgan fingerprint density at radius 3 is 2.82 bits per heavy atom. The number of nitrogens with one attached hydrogen (secondary N) is 1. The molecule has 0 radical (unpaired) electrons. The molecule has 11 heteroatoms. The van der Waals surface area contributed by atoms with Gasteiger partial charge in [-0.15, -0.1) is 11.3 Å². The number of alkyl halides is 2. The van der Waals surface area contributed by atoms with Gasteiger partial charge < -0.3 is 14.2 Å². The standard InChI is InChI=1S/C23H20F2N4O4S/c1-12-9-14(19-17(10-12)27-18(11-26-19)33-22(24)25)21-28-15-3-2-4-16(20(15)34-21)29-23(30)32-13-5-7-31-8-6-13/h2-4,9-11,13,22H,5-8H2,1H3,(H,29,30). The third kappa shape index (κ3) is 4.75. The van der Waals surface area contributed by atoms with Gasteiger partial charge in [-0.3, -0.25) is 5.32 Å². The quantitative estimate of drug-likeness (QED) is 0.395. The van der Waals surface area contributed by atoms with Crippen molar-refractivity contribution in [3.05, 3.63) is 42.1 Å². The van der Waals surface area contributed by atoms with Crippen molar-refractivity contribution in [3.63, 3.8) is 0 Å². The van der Waals surface area contributed by atoms with Gasteiger partial charge >= 0.3 is 12.7 Å². The molecule has 1 aliphatic rings. The van der Waals surface area contributed by atoms with Crippen LogP contribution in [-0.4, -0.2) is 47.0 Å². The van der Waals surface area contributed by atoms with E-state index in [9.17, 15) is 13.6 Å². The maximum Gasteiger partial charge on any atom is 0.411 e. The summed E-state index contributed by atoms with van der Waals surface area (Å²) in [6.45, 7) is 0.0472. The number of hydrogen-bond donors (Lipinski definition) is 1. The molecule has 1 saturated heterocycles. The van der Waals surface area contributed by atoms with Gasteiger partial charge in [0.1, 0.15) is 11.1 Å². The molecule has 176 valence electrons. The Hall–Kier alpha value is -3.44. The SMILES string of the molecule is Cc1cc(-c2nc3cccc(NC(=O)OC4CCOCC4)c3s2)c2ncc(OC(F)F)nc2c1. The number of fused-ring (bicyclic) bond motifs is 2. The summed E-state index contributed by atoms with van der Waals surface area (Å²) in [4.78, 5) is 25.6. The molecule has 1 fully saturated rings. The molecule has 0 spiro atoms. The molecule has 3 heterocycles. The number of aromatic nitrogens is 3. The first kappa shape index (κ1) is 22.4. The molecule has 4 aromatic rings. The molecule has 0 saturated carbocycles. The van der Waals surface area contributed by atoms with Crippen LogP contribution in [0, 0.1) is 6.92 Å². The van der Waals surface area contributed by atoms with Crippen molar-refractivity contribution >= 4 is 44.4 Å². The van der Waals surface area contributed by atoms with E-state index in [0.717, 1.165) is 10.3 Å². The fraction of sp³-hybridized carbons (Fsp3) is 0.304. The van der Waals surface area contributed by atoms with E-state index in [1.165, 1.54) is 17.5 Å². The second kappa shape index (κ2) is 9.43. The van der Waals surface area contributed by atoms with Gasteiger partial charge in [-0.1, -0.05) is 6.07 Å². The van der Waals surface area contributed by atoms with Crippen LogP contribution in [-0.2, 0) is 9.47 Å². The number of anilines is 1. The van der Waals surface area contributed by atoms with E-state index in [4.69, 9.17) is 14.5 Å². The minimum Gasteiger partial charge on any atom is -0.446 e. The van der Waals surface area contributed by atoms with E-state index in [0.29, 0.717) is 58.9 Å². The maximum atomic E-state index is 12.6. The number of rotatable bonds is 5. The van der Waals surface area contributed by atoms with Gasteiger partial charge in [0, 0.05) is 18.4 Å². The number of halogens is 2. The van der Waals surface area contributed by atoms with Crippen molar-refractivity contribution in [1.29, 1.82) is 0 Å². The highest BCUT2D eigenvalue weighted by atomic mass is 32.1. The second-order valence-electron chi connectivity index (χ2n) is 7.78. The van der Waals surface area contributed by atoms with Crippen LogP contribution >= 0.6 is 11.3 Å². The average molecular weight is 487 g/mol. The minimum absolute atomic E-state index is 0.166. The summed E-state index contributed by atoms with van der Waals surface area (Å²) in [6, 6.07) is 9.10. The lowest BCUT2D eigenvalue weighted by molar-refractivity contribution is -0.0528. The first-order valence-corrected chi connectivity index (χ1v) is 11.5. The first-order valence-electron chi connectivity index (χ1n) is 10.6. The molecule has 1 aliphatic heterocycles. The lowest BCUT2D eigenvalue weighted by atomic mass is 10.1. The number of thiazole rings is 1. The Morgan fingerprint density at radius 1 is 1.21 bits per heavy atom. The molecule has 1 amide bonds. The van der Waals surface area contributed by atoms with Gasteiger partial charge in [-0.2, -0.15) is 8.78 Å². The molecular formula is C23H20F2N4O4S. The maximum absolute atomic E-state index is 12.6. The zero-order valence-corrected chi connectivity index (χ0v) is 18.9. The lowest BCUT2D eigenvalue weighted by Crippen LogP contribution is -2.28. The Labute approximate surface area is 196 Å². The van der Waals surface area contributed by atoms with Crippen LogP contribution in [0.1, 0.15) is 18.4 Å². The van der Waals surface area contributed by atoms with Crippen molar-refractivity contribution in [3.8, 4) is 16.5 Å². The van der Waals surface area contributed by atoms with E-state index in [1.807, 2.05) is 19.1 Å². The highest BCUT2D eigenvalue weighted by Crippen LogP contribution is 2.37. The van der Waals surface area contributed by atoms with E-state index in [2.05, 4.69) is 20.0 Å². The van der Waals surface area contributed by atoms with E-state index >= 15 is 0 Å². The summed E-state index contributed by atoms with van der Waals surface area (Å²) in [6.07, 6.45) is 1.83. The number of nitrogens with zero attached hydrogens (tertiary/aromatic N) is 3. The summed E-state index contributed by atoms with van der Waals surface area (Å²) in [5, 5.41) is 3.48.